The molecule has 2 fully saturated rings. The van der Waals surface area contributed by atoms with Crippen molar-refractivity contribution in [3.63, 3.8) is 0 Å². The van der Waals surface area contributed by atoms with E-state index in [9.17, 15) is 9.59 Å². The van der Waals surface area contributed by atoms with Gasteiger partial charge in [0.2, 0.25) is 0 Å². The Morgan fingerprint density at radius 3 is 2.66 bits per heavy atom. The second-order valence-corrected chi connectivity index (χ2v) is 8.94. The molecule has 8 nitrogen and oxygen atoms in total. The highest BCUT2D eigenvalue weighted by atomic mass is 16.6. The highest BCUT2D eigenvalue weighted by molar-refractivity contribution is 5.77. The fourth-order valence-electron chi connectivity index (χ4n) is 5.02. The maximum atomic E-state index is 13.0. The van der Waals surface area contributed by atoms with Crippen LogP contribution in [0.3, 0.4) is 0 Å². The highest BCUT2D eigenvalue weighted by Gasteiger charge is 2.29. The Labute approximate surface area is 186 Å². The summed E-state index contributed by atoms with van der Waals surface area (Å²) in [6.07, 6.45) is 7.09. The lowest BCUT2D eigenvalue weighted by atomic mass is 9.95. The molecule has 1 amide bonds. The number of H-pyrrole nitrogens is 1. The molecule has 0 spiro atoms. The van der Waals surface area contributed by atoms with Gasteiger partial charge in [0.25, 0.3) is 5.56 Å². The standard InChI is InChI=1S/C24H29N5O3/c1-16-20-22(29(27-16)18-10-4-2-5-11-18)25-21(26-23(20)30)17-9-8-14-28(15-17)24(31)32-19-12-6-3-7-13-19/h3,6-7,12-13,17-18H,2,4-5,8-11,14-15H2,1H3,(H,25,26,30). The van der Waals surface area contributed by atoms with Crippen LogP contribution in [0, 0.1) is 6.92 Å². The fourth-order valence-corrected chi connectivity index (χ4v) is 5.02. The van der Waals surface area contributed by atoms with E-state index in [1.807, 2.05) is 29.8 Å². The van der Waals surface area contributed by atoms with Crippen molar-refractivity contribution in [2.24, 2.45) is 0 Å². The number of benzene rings is 1. The minimum atomic E-state index is -0.368. The number of para-hydroxylation sites is 1. The van der Waals surface area contributed by atoms with Crippen LogP contribution in [0.1, 0.15) is 68.4 Å². The van der Waals surface area contributed by atoms with Crippen molar-refractivity contribution in [3.05, 3.63) is 52.2 Å². The van der Waals surface area contributed by atoms with E-state index in [-0.39, 0.29) is 17.6 Å². The number of aryl methyl sites for hydroxylation is 1. The molecule has 2 aromatic heterocycles. The molecule has 1 atom stereocenters. The molecule has 1 aliphatic carbocycles. The third-order valence-corrected chi connectivity index (χ3v) is 6.69. The first-order valence-corrected chi connectivity index (χ1v) is 11.6. The summed E-state index contributed by atoms with van der Waals surface area (Å²) in [5.41, 5.74) is 1.26. The van der Waals surface area contributed by atoms with Gasteiger partial charge >= 0.3 is 6.09 Å². The average Bonchev–Trinajstić information content (AvgIpc) is 3.17. The molecule has 3 aromatic rings. The van der Waals surface area contributed by atoms with Crippen LogP contribution < -0.4 is 10.3 Å². The monoisotopic (exact) mass is 435 g/mol. The first-order valence-electron chi connectivity index (χ1n) is 11.6. The number of carbonyl (C=O) groups is 1. The van der Waals surface area contributed by atoms with E-state index < -0.39 is 0 Å². The van der Waals surface area contributed by atoms with Crippen molar-refractivity contribution >= 4 is 17.1 Å². The predicted molar refractivity (Wildman–Crippen MR) is 121 cm³/mol. The number of aromatic nitrogens is 4. The van der Waals surface area contributed by atoms with Gasteiger partial charge in [0.05, 0.1) is 11.7 Å². The third-order valence-electron chi connectivity index (χ3n) is 6.69. The summed E-state index contributed by atoms with van der Waals surface area (Å²) >= 11 is 0. The van der Waals surface area contributed by atoms with Gasteiger partial charge in [0.1, 0.15) is 17.0 Å². The molecule has 0 radical (unpaired) electrons. The maximum absolute atomic E-state index is 13.0. The van der Waals surface area contributed by atoms with Crippen LogP contribution >= 0.6 is 0 Å². The average molecular weight is 436 g/mol. The molecule has 1 saturated heterocycles. The van der Waals surface area contributed by atoms with E-state index >= 15 is 0 Å². The van der Waals surface area contributed by atoms with Crippen LogP contribution in [0.25, 0.3) is 11.0 Å². The van der Waals surface area contributed by atoms with E-state index in [2.05, 4.69) is 4.98 Å². The number of ether oxygens (including phenoxy) is 1. The smallest absolute Gasteiger partial charge is 0.410 e. The van der Waals surface area contributed by atoms with Gasteiger partial charge in [-0.1, -0.05) is 37.5 Å². The Balaban J connectivity index is 1.41. The van der Waals surface area contributed by atoms with Crippen molar-refractivity contribution in [1.82, 2.24) is 24.6 Å². The zero-order valence-electron chi connectivity index (χ0n) is 18.4. The Morgan fingerprint density at radius 1 is 1.09 bits per heavy atom. The Bertz CT molecular complexity index is 1160. The molecule has 32 heavy (non-hydrogen) atoms. The molecular formula is C24H29N5O3. The van der Waals surface area contributed by atoms with Crippen molar-refractivity contribution < 1.29 is 9.53 Å². The van der Waals surface area contributed by atoms with Gasteiger partial charge in [0.15, 0.2) is 5.65 Å². The SMILES string of the molecule is Cc1nn(C2CCCCC2)c2nc(C3CCCN(C(=O)Oc4ccccc4)C3)[nH]c(=O)c12. The number of piperidine rings is 1. The molecule has 2 aliphatic rings. The van der Waals surface area contributed by atoms with Gasteiger partial charge < -0.3 is 14.6 Å². The Hall–Kier alpha value is -3.16. The van der Waals surface area contributed by atoms with Crippen molar-refractivity contribution in [3.8, 4) is 5.75 Å². The molecule has 168 valence electrons. The molecule has 0 bridgehead atoms. The van der Waals surface area contributed by atoms with Crippen LogP contribution in [0.2, 0.25) is 0 Å². The summed E-state index contributed by atoms with van der Waals surface area (Å²) < 4.78 is 7.49. The summed E-state index contributed by atoms with van der Waals surface area (Å²) in [6, 6.07) is 9.38. The lowest BCUT2D eigenvalue weighted by molar-refractivity contribution is 0.136. The van der Waals surface area contributed by atoms with Crippen LogP contribution in [0.4, 0.5) is 4.79 Å². The number of amides is 1. The van der Waals surface area contributed by atoms with Crippen LogP contribution in [0.5, 0.6) is 5.75 Å². The summed E-state index contributed by atoms with van der Waals surface area (Å²) in [7, 11) is 0. The molecule has 1 aromatic carbocycles. The van der Waals surface area contributed by atoms with Crippen LogP contribution in [-0.4, -0.2) is 43.8 Å². The van der Waals surface area contributed by atoms with Crippen LogP contribution in [0.15, 0.2) is 35.1 Å². The Kier molecular flexibility index (Phi) is 5.68. The third kappa shape index (κ3) is 4.01. The highest BCUT2D eigenvalue weighted by Crippen LogP contribution is 2.31. The van der Waals surface area contributed by atoms with Crippen molar-refractivity contribution in [1.29, 1.82) is 0 Å². The van der Waals surface area contributed by atoms with Crippen LogP contribution in [-0.2, 0) is 0 Å². The normalized spacial score (nSPS) is 19.9. The van der Waals surface area contributed by atoms with Gasteiger partial charge in [-0.25, -0.2) is 14.5 Å². The summed E-state index contributed by atoms with van der Waals surface area (Å²) in [5.74, 6) is 1.12. The number of rotatable bonds is 3. The minimum Gasteiger partial charge on any atom is -0.410 e. The van der Waals surface area contributed by atoms with E-state index in [1.54, 1.807) is 17.0 Å². The molecular weight excluding hydrogens is 406 g/mol. The second kappa shape index (κ2) is 8.76. The number of nitrogens with zero attached hydrogens (tertiary/aromatic N) is 4. The topological polar surface area (TPSA) is 93.1 Å². The van der Waals surface area contributed by atoms with Gasteiger partial charge in [-0.05, 0) is 44.7 Å². The van der Waals surface area contributed by atoms with Crippen molar-refractivity contribution in [2.45, 2.75) is 63.8 Å². The number of hydrogen-bond donors (Lipinski definition) is 1. The molecule has 5 rings (SSSR count). The Morgan fingerprint density at radius 2 is 1.88 bits per heavy atom. The number of fused-ring (bicyclic) bond motifs is 1. The minimum absolute atomic E-state index is 0.0424. The fraction of sp³-hybridized carbons (Fsp3) is 0.500. The number of hydrogen-bond acceptors (Lipinski definition) is 5. The first kappa shape index (κ1) is 20.7. The molecule has 1 saturated carbocycles. The summed E-state index contributed by atoms with van der Waals surface area (Å²) in [4.78, 5) is 35.2. The molecule has 1 N–H and O–H groups in total. The molecule has 3 heterocycles. The largest absolute Gasteiger partial charge is 0.415 e. The number of likely N-dealkylation sites (tertiary alicyclic amines) is 1. The quantitative estimate of drug-likeness (QED) is 0.662. The van der Waals surface area contributed by atoms with Gasteiger partial charge in [-0.15, -0.1) is 0 Å². The number of nitrogens with one attached hydrogen (secondary N) is 1. The zero-order valence-corrected chi connectivity index (χ0v) is 18.4. The molecule has 1 unspecified atom stereocenters. The molecule has 8 heteroatoms. The lowest BCUT2D eigenvalue weighted by Crippen LogP contribution is -2.41. The molecule has 1 aliphatic heterocycles. The van der Waals surface area contributed by atoms with Gasteiger partial charge in [0, 0.05) is 19.0 Å². The second-order valence-electron chi connectivity index (χ2n) is 8.94. The summed E-state index contributed by atoms with van der Waals surface area (Å²) in [5, 5.41) is 5.28. The number of carbonyl (C=O) groups excluding carboxylic acids is 1. The van der Waals surface area contributed by atoms with Gasteiger partial charge in [-0.3, -0.25) is 4.79 Å². The van der Waals surface area contributed by atoms with Gasteiger partial charge in [-0.2, -0.15) is 5.10 Å². The zero-order chi connectivity index (χ0) is 22.1. The predicted octanol–water partition coefficient (Wildman–Crippen LogP) is 4.31. The van der Waals surface area contributed by atoms with E-state index in [0.717, 1.165) is 31.4 Å². The van der Waals surface area contributed by atoms with E-state index in [1.165, 1.54) is 19.3 Å². The number of aromatic amines is 1. The summed E-state index contributed by atoms with van der Waals surface area (Å²) in [6.45, 7) is 2.98. The van der Waals surface area contributed by atoms with E-state index in [4.69, 9.17) is 14.8 Å². The van der Waals surface area contributed by atoms with Crippen molar-refractivity contribution in [2.75, 3.05) is 13.1 Å². The lowest BCUT2D eigenvalue weighted by Gasteiger charge is -2.31. The first-order chi connectivity index (χ1) is 15.6. The van der Waals surface area contributed by atoms with E-state index in [0.29, 0.717) is 41.7 Å². The maximum Gasteiger partial charge on any atom is 0.415 e.